The molecule has 0 amide bonds. The first-order chi connectivity index (χ1) is 24.3. The summed E-state index contributed by atoms with van der Waals surface area (Å²) in [6, 6.07) is 68.6. The Bertz CT molecular complexity index is 2500. The van der Waals surface area contributed by atoms with E-state index in [2.05, 4.69) is 192 Å². The molecule has 0 spiro atoms. The number of nitrogens with zero attached hydrogens (tertiary/aromatic N) is 2. The Morgan fingerprint density at radius 3 is 1.53 bits per heavy atom. The van der Waals surface area contributed by atoms with Crippen molar-refractivity contribution in [1.29, 1.82) is 0 Å². The van der Waals surface area contributed by atoms with E-state index in [0.717, 1.165) is 56.1 Å². The molecule has 1 heterocycles. The molecule has 0 atom stereocenters. The van der Waals surface area contributed by atoms with Gasteiger partial charge in [-0.3, -0.25) is 0 Å². The maximum atomic E-state index is 6.42. The van der Waals surface area contributed by atoms with E-state index in [1.54, 1.807) is 0 Å². The van der Waals surface area contributed by atoms with Crippen molar-refractivity contribution in [1.82, 2.24) is 0 Å². The van der Waals surface area contributed by atoms with Crippen molar-refractivity contribution in [2.45, 2.75) is 0 Å². The Labute approximate surface area is 285 Å². The van der Waals surface area contributed by atoms with Gasteiger partial charge in [-0.15, -0.1) is 0 Å². The van der Waals surface area contributed by atoms with Crippen molar-refractivity contribution in [3.63, 3.8) is 0 Å². The third kappa shape index (κ3) is 5.18. The first kappa shape index (κ1) is 28.6. The molecule has 0 fully saturated rings. The second-order valence-electron chi connectivity index (χ2n) is 12.2. The Kier molecular flexibility index (Phi) is 7.14. The van der Waals surface area contributed by atoms with Crippen LogP contribution in [0.3, 0.4) is 0 Å². The summed E-state index contributed by atoms with van der Waals surface area (Å²) < 4.78 is 6.42. The predicted molar refractivity (Wildman–Crippen MR) is 206 cm³/mol. The molecule has 0 aliphatic carbocycles. The van der Waals surface area contributed by atoms with E-state index in [1.807, 2.05) is 12.1 Å². The second kappa shape index (κ2) is 12.2. The van der Waals surface area contributed by atoms with E-state index in [4.69, 9.17) is 4.42 Å². The fraction of sp³-hybridized carbons (Fsp3) is 0. The van der Waals surface area contributed by atoms with Gasteiger partial charge in [0.05, 0.1) is 5.69 Å². The van der Waals surface area contributed by atoms with E-state index >= 15 is 0 Å². The number of hydrogen-bond donors (Lipinski definition) is 0. The summed E-state index contributed by atoms with van der Waals surface area (Å²) >= 11 is 0. The average Bonchev–Trinajstić information content (AvgIpc) is 3.55. The van der Waals surface area contributed by atoms with Crippen molar-refractivity contribution in [2.24, 2.45) is 0 Å². The number of para-hydroxylation sites is 3. The molecule has 0 saturated heterocycles. The summed E-state index contributed by atoms with van der Waals surface area (Å²) in [5.41, 5.74) is 10.6. The molecule has 0 unspecified atom stereocenters. The van der Waals surface area contributed by atoms with Gasteiger partial charge in [0, 0.05) is 50.8 Å². The van der Waals surface area contributed by atoms with Crippen LogP contribution in [0.5, 0.6) is 0 Å². The lowest BCUT2D eigenvalue weighted by Gasteiger charge is -2.30. The Hall–Kier alpha value is -6.58. The lowest BCUT2D eigenvalue weighted by atomic mass is 9.95. The molecule has 9 aromatic rings. The molecule has 0 N–H and O–H groups in total. The van der Waals surface area contributed by atoms with Gasteiger partial charge in [-0.1, -0.05) is 115 Å². The molecule has 1 aromatic heterocycles. The third-order valence-corrected chi connectivity index (χ3v) is 9.23. The monoisotopic (exact) mass is 628 g/mol. The number of benzene rings is 8. The third-order valence-electron chi connectivity index (χ3n) is 9.23. The van der Waals surface area contributed by atoms with Gasteiger partial charge in [-0.2, -0.15) is 0 Å². The van der Waals surface area contributed by atoms with Crippen molar-refractivity contribution in [2.75, 3.05) is 9.80 Å². The molecule has 49 heavy (non-hydrogen) atoms. The normalized spacial score (nSPS) is 11.3. The smallest absolute Gasteiger partial charge is 0.137 e. The zero-order valence-corrected chi connectivity index (χ0v) is 26.8. The molecule has 3 heteroatoms. The van der Waals surface area contributed by atoms with Crippen LogP contribution in [-0.4, -0.2) is 0 Å². The van der Waals surface area contributed by atoms with Gasteiger partial charge >= 0.3 is 0 Å². The number of hydrogen-bond acceptors (Lipinski definition) is 3. The van der Waals surface area contributed by atoms with Gasteiger partial charge in [0.25, 0.3) is 0 Å². The second-order valence-corrected chi connectivity index (χ2v) is 12.2. The van der Waals surface area contributed by atoms with Gasteiger partial charge in [0.15, 0.2) is 0 Å². The Morgan fingerprint density at radius 1 is 0.327 bits per heavy atom. The molecule has 0 aliphatic rings. The minimum Gasteiger partial charge on any atom is -0.456 e. The number of furan rings is 1. The van der Waals surface area contributed by atoms with Gasteiger partial charge < -0.3 is 14.2 Å². The first-order valence-electron chi connectivity index (χ1n) is 16.6. The van der Waals surface area contributed by atoms with E-state index in [0.29, 0.717) is 0 Å². The summed E-state index contributed by atoms with van der Waals surface area (Å²) in [6.07, 6.45) is 0. The molecule has 3 nitrogen and oxygen atoms in total. The zero-order valence-electron chi connectivity index (χ0n) is 26.8. The van der Waals surface area contributed by atoms with Crippen LogP contribution >= 0.6 is 0 Å². The zero-order chi connectivity index (χ0) is 32.6. The van der Waals surface area contributed by atoms with Crippen LogP contribution in [0, 0.1) is 0 Å². The van der Waals surface area contributed by atoms with Crippen molar-refractivity contribution in [3.05, 3.63) is 194 Å². The Morgan fingerprint density at radius 2 is 0.837 bits per heavy atom. The number of fused-ring (bicyclic) bond motifs is 4. The highest BCUT2D eigenvalue weighted by atomic mass is 16.3. The van der Waals surface area contributed by atoms with Gasteiger partial charge in [0.2, 0.25) is 0 Å². The van der Waals surface area contributed by atoms with E-state index in [9.17, 15) is 0 Å². The number of anilines is 6. The highest BCUT2D eigenvalue weighted by molar-refractivity contribution is 6.08. The fourth-order valence-corrected chi connectivity index (χ4v) is 6.99. The topological polar surface area (TPSA) is 19.6 Å². The highest BCUT2D eigenvalue weighted by Crippen LogP contribution is 2.46. The van der Waals surface area contributed by atoms with Crippen LogP contribution in [0.2, 0.25) is 0 Å². The van der Waals surface area contributed by atoms with Crippen LogP contribution in [-0.2, 0) is 0 Å². The maximum Gasteiger partial charge on any atom is 0.137 e. The summed E-state index contributed by atoms with van der Waals surface area (Å²) in [6.45, 7) is 0. The first-order valence-corrected chi connectivity index (χ1v) is 16.6. The van der Waals surface area contributed by atoms with Crippen molar-refractivity contribution in [3.8, 4) is 11.1 Å². The molecule has 232 valence electrons. The van der Waals surface area contributed by atoms with Crippen LogP contribution in [0.25, 0.3) is 43.8 Å². The maximum absolute atomic E-state index is 6.42. The quantitative estimate of drug-likeness (QED) is 0.175. The van der Waals surface area contributed by atoms with Crippen LogP contribution < -0.4 is 9.80 Å². The molecular weight excluding hydrogens is 597 g/mol. The molecule has 9 rings (SSSR count). The predicted octanol–water partition coefficient (Wildman–Crippen LogP) is 13.3. The van der Waals surface area contributed by atoms with Gasteiger partial charge in [0.1, 0.15) is 11.2 Å². The molecule has 0 radical (unpaired) electrons. The van der Waals surface area contributed by atoms with E-state index in [-0.39, 0.29) is 0 Å². The minimum atomic E-state index is 0.863. The summed E-state index contributed by atoms with van der Waals surface area (Å²) in [5, 5.41) is 4.64. The number of rotatable bonds is 7. The van der Waals surface area contributed by atoms with Crippen LogP contribution in [0.4, 0.5) is 34.1 Å². The van der Waals surface area contributed by atoms with Crippen LogP contribution in [0.15, 0.2) is 199 Å². The molecule has 0 saturated carbocycles. The fourth-order valence-electron chi connectivity index (χ4n) is 6.99. The summed E-state index contributed by atoms with van der Waals surface area (Å²) in [5.74, 6) is 0. The SMILES string of the molecule is c1ccc(-c2c(N(c3ccc(N(c4ccccc4)c4ccccc4)cc3)c3ccc4c(c3)oc3ccccc34)ccc3ccccc23)cc1. The summed E-state index contributed by atoms with van der Waals surface area (Å²) in [7, 11) is 0. The minimum absolute atomic E-state index is 0.863. The Balaban J connectivity index is 1.26. The molecular formula is C46H32N2O. The van der Waals surface area contributed by atoms with Gasteiger partial charge in [-0.25, -0.2) is 0 Å². The highest BCUT2D eigenvalue weighted by Gasteiger charge is 2.21. The van der Waals surface area contributed by atoms with Gasteiger partial charge in [-0.05, 0) is 89.1 Å². The van der Waals surface area contributed by atoms with E-state index in [1.165, 1.54) is 21.9 Å². The van der Waals surface area contributed by atoms with E-state index < -0.39 is 0 Å². The molecule has 0 aliphatic heterocycles. The van der Waals surface area contributed by atoms with Crippen molar-refractivity contribution < 1.29 is 4.42 Å². The lowest BCUT2D eigenvalue weighted by Crippen LogP contribution is -2.13. The average molecular weight is 629 g/mol. The lowest BCUT2D eigenvalue weighted by molar-refractivity contribution is 0.669. The van der Waals surface area contributed by atoms with Crippen molar-refractivity contribution >= 4 is 66.8 Å². The summed E-state index contributed by atoms with van der Waals surface area (Å²) in [4.78, 5) is 4.65. The standard InChI is InChI=1S/C46H32N2O/c1-4-15-34(16-5-1)46-40-21-11-10-14-33(40)24-31-43(46)48(39-29-30-42-41-22-12-13-23-44(41)49-45(42)32-39)38-27-25-37(26-28-38)47(35-17-6-2-7-18-35)36-19-8-3-9-20-36/h1-32H. The van der Waals surface area contributed by atoms with Crippen LogP contribution in [0.1, 0.15) is 0 Å². The largest absolute Gasteiger partial charge is 0.456 e. The molecule has 8 aromatic carbocycles. The molecule has 0 bridgehead atoms.